The number of phenols is 2. The van der Waals surface area contributed by atoms with Crippen molar-refractivity contribution >= 4 is 28.7 Å². The molecule has 0 unspecified atom stereocenters. The van der Waals surface area contributed by atoms with E-state index in [9.17, 15) is 20.3 Å². The largest absolute Gasteiger partial charge is 0.507 e. The zero-order chi connectivity index (χ0) is 20.5. The van der Waals surface area contributed by atoms with Crippen molar-refractivity contribution in [3.8, 4) is 23.0 Å². The smallest absolute Gasteiger partial charge is 0.311 e. The van der Waals surface area contributed by atoms with Crippen molar-refractivity contribution in [2.75, 3.05) is 0 Å². The lowest BCUT2D eigenvalue weighted by Crippen LogP contribution is -1.91. The van der Waals surface area contributed by atoms with Gasteiger partial charge in [-0.1, -0.05) is 12.1 Å². The van der Waals surface area contributed by atoms with Gasteiger partial charge in [-0.25, -0.2) is 4.98 Å². The van der Waals surface area contributed by atoms with Crippen molar-refractivity contribution in [2.24, 2.45) is 4.99 Å². The van der Waals surface area contributed by atoms with E-state index in [0.717, 1.165) is 5.56 Å². The lowest BCUT2D eigenvalue weighted by atomic mass is 10.1. The van der Waals surface area contributed by atoms with Gasteiger partial charge >= 0.3 is 5.69 Å². The molecule has 4 aromatic rings. The summed E-state index contributed by atoms with van der Waals surface area (Å²) < 4.78 is 5.73. The van der Waals surface area contributed by atoms with Crippen LogP contribution in [0.3, 0.4) is 0 Å². The van der Waals surface area contributed by atoms with E-state index in [2.05, 4.69) is 9.98 Å². The van der Waals surface area contributed by atoms with E-state index in [1.165, 1.54) is 30.5 Å². The molecule has 144 valence electrons. The summed E-state index contributed by atoms with van der Waals surface area (Å²) in [7, 11) is 0. The molecule has 0 radical (unpaired) electrons. The molecule has 4 rings (SSSR count). The molecule has 0 saturated carbocycles. The minimum atomic E-state index is -0.666. The Balaban J connectivity index is 1.71. The van der Waals surface area contributed by atoms with Crippen molar-refractivity contribution in [2.45, 2.75) is 6.92 Å². The first-order chi connectivity index (χ1) is 13.9. The molecule has 0 atom stereocenters. The lowest BCUT2D eigenvalue weighted by molar-refractivity contribution is -0.385. The number of para-hydroxylation sites is 1. The Hall–Kier alpha value is -4.20. The van der Waals surface area contributed by atoms with Gasteiger partial charge in [0.2, 0.25) is 11.6 Å². The molecular formula is C21H15N3O5. The normalized spacial score (nSPS) is 11.3. The molecule has 0 saturated heterocycles. The Kier molecular flexibility index (Phi) is 4.44. The van der Waals surface area contributed by atoms with E-state index >= 15 is 0 Å². The van der Waals surface area contributed by atoms with Crippen LogP contribution in [0.2, 0.25) is 0 Å². The summed E-state index contributed by atoms with van der Waals surface area (Å²) in [5.74, 6) is -0.238. The third-order valence-electron chi connectivity index (χ3n) is 4.35. The fourth-order valence-electron chi connectivity index (χ4n) is 2.87. The van der Waals surface area contributed by atoms with Gasteiger partial charge in [0, 0.05) is 17.8 Å². The summed E-state index contributed by atoms with van der Waals surface area (Å²) in [5, 5.41) is 31.2. The van der Waals surface area contributed by atoms with Crippen molar-refractivity contribution in [1.82, 2.24) is 4.98 Å². The monoisotopic (exact) mass is 389 g/mol. The lowest BCUT2D eigenvalue weighted by Gasteiger charge is -2.02. The number of nitro groups is 1. The van der Waals surface area contributed by atoms with Gasteiger partial charge in [-0.15, -0.1) is 0 Å². The van der Waals surface area contributed by atoms with E-state index < -0.39 is 16.4 Å². The third-order valence-corrected chi connectivity index (χ3v) is 4.35. The Morgan fingerprint density at radius 1 is 1.14 bits per heavy atom. The average molecular weight is 389 g/mol. The molecule has 1 aromatic heterocycles. The highest BCUT2D eigenvalue weighted by atomic mass is 16.6. The number of aromatic nitrogens is 1. The fourth-order valence-corrected chi connectivity index (χ4v) is 2.87. The van der Waals surface area contributed by atoms with Crippen molar-refractivity contribution in [3.05, 3.63) is 75.8 Å². The van der Waals surface area contributed by atoms with E-state index in [1.807, 2.05) is 25.1 Å². The van der Waals surface area contributed by atoms with Gasteiger partial charge in [-0.2, -0.15) is 0 Å². The molecule has 0 aliphatic heterocycles. The second kappa shape index (κ2) is 7.08. The van der Waals surface area contributed by atoms with Crippen LogP contribution in [-0.4, -0.2) is 26.3 Å². The predicted molar refractivity (Wildman–Crippen MR) is 108 cm³/mol. The highest BCUT2D eigenvalue weighted by molar-refractivity contribution is 5.88. The Morgan fingerprint density at radius 3 is 2.76 bits per heavy atom. The molecule has 2 N–H and O–H groups in total. The Labute approximate surface area is 164 Å². The number of nitro benzene ring substituents is 1. The first-order valence-corrected chi connectivity index (χ1v) is 8.63. The van der Waals surface area contributed by atoms with Crippen LogP contribution in [0.15, 0.2) is 64.0 Å². The minimum Gasteiger partial charge on any atom is -0.507 e. The van der Waals surface area contributed by atoms with Gasteiger partial charge in [-0.3, -0.25) is 15.1 Å². The maximum absolute atomic E-state index is 10.9. The number of rotatable bonds is 4. The second-order valence-corrected chi connectivity index (χ2v) is 6.42. The first-order valence-electron chi connectivity index (χ1n) is 8.63. The van der Waals surface area contributed by atoms with Gasteiger partial charge in [0.15, 0.2) is 5.58 Å². The van der Waals surface area contributed by atoms with Crippen molar-refractivity contribution in [1.29, 1.82) is 0 Å². The highest BCUT2D eigenvalue weighted by Crippen LogP contribution is 2.34. The first kappa shape index (κ1) is 18.2. The molecule has 8 heteroatoms. The molecule has 1 heterocycles. The molecule has 0 spiro atoms. The van der Waals surface area contributed by atoms with Crippen LogP contribution in [0, 0.1) is 17.0 Å². The highest BCUT2D eigenvalue weighted by Gasteiger charge is 2.16. The summed E-state index contributed by atoms with van der Waals surface area (Å²) in [6.45, 7) is 1.95. The predicted octanol–water partition coefficient (Wildman–Crippen LogP) is 4.87. The van der Waals surface area contributed by atoms with Gasteiger partial charge in [0.05, 0.1) is 16.2 Å². The van der Waals surface area contributed by atoms with Crippen LogP contribution in [0.25, 0.3) is 22.6 Å². The minimum absolute atomic E-state index is 0.0228. The third kappa shape index (κ3) is 3.51. The molecule has 0 amide bonds. The van der Waals surface area contributed by atoms with Crippen molar-refractivity contribution < 1.29 is 19.6 Å². The topological polar surface area (TPSA) is 122 Å². The Bertz CT molecular complexity index is 1280. The molecular weight excluding hydrogens is 374 g/mol. The number of hydrogen-bond donors (Lipinski definition) is 2. The maximum atomic E-state index is 10.9. The number of oxazole rings is 1. The van der Waals surface area contributed by atoms with Crippen LogP contribution in [0.5, 0.6) is 11.5 Å². The number of aromatic hydroxyl groups is 2. The number of hydrogen-bond acceptors (Lipinski definition) is 7. The van der Waals surface area contributed by atoms with Gasteiger partial charge in [0.25, 0.3) is 0 Å². The molecule has 8 nitrogen and oxygen atoms in total. The maximum Gasteiger partial charge on any atom is 0.311 e. The van der Waals surface area contributed by atoms with E-state index in [0.29, 0.717) is 22.4 Å². The quantitative estimate of drug-likeness (QED) is 0.292. The van der Waals surface area contributed by atoms with E-state index in [-0.39, 0.29) is 17.2 Å². The van der Waals surface area contributed by atoms with Gasteiger partial charge in [-0.05, 0) is 48.9 Å². The number of aliphatic imine (C=N–C) groups is 1. The molecule has 29 heavy (non-hydrogen) atoms. The number of nitrogens with zero attached hydrogens (tertiary/aromatic N) is 3. The summed E-state index contributed by atoms with van der Waals surface area (Å²) in [6, 6.07) is 14.4. The molecule has 0 aliphatic rings. The second-order valence-electron chi connectivity index (χ2n) is 6.42. The van der Waals surface area contributed by atoms with Crippen molar-refractivity contribution in [3.63, 3.8) is 0 Å². The molecule has 0 bridgehead atoms. The SMILES string of the molecule is Cc1ccc2oc(-c3cc(N=Cc4cccc([N+](=O)[O-])c4O)ccc3O)nc2c1. The summed E-state index contributed by atoms with van der Waals surface area (Å²) in [5.41, 5.74) is 2.92. The number of benzene rings is 3. The Morgan fingerprint density at radius 2 is 1.97 bits per heavy atom. The van der Waals surface area contributed by atoms with Crippen LogP contribution < -0.4 is 0 Å². The molecule has 3 aromatic carbocycles. The fraction of sp³-hybridized carbons (Fsp3) is 0.0476. The zero-order valence-corrected chi connectivity index (χ0v) is 15.2. The molecule has 0 fully saturated rings. The summed E-state index contributed by atoms with van der Waals surface area (Å²) in [4.78, 5) is 18.9. The molecule has 0 aliphatic carbocycles. The zero-order valence-electron chi connectivity index (χ0n) is 15.2. The van der Waals surface area contributed by atoms with Crippen LogP contribution in [-0.2, 0) is 0 Å². The van der Waals surface area contributed by atoms with Gasteiger partial charge in [0.1, 0.15) is 11.3 Å². The average Bonchev–Trinajstić information content (AvgIpc) is 3.10. The number of aryl methyl sites for hydroxylation is 1. The standard InChI is InChI=1S/C21H15N3O5/c1-12-5-8-19-16(9-12)23-21(29-19)15-10-14(6-7-18(15)25)22-11-13-3-2-4-17(20(13)26)24(27)28/h2-11,25-26H,1H3. The number of phenolic OH excluding ortho intramolecular Hbond substituents is 2. The van der Waals surface area contributed by atoms with Crippen LogP contribution in [0.1, 0.15) is 11.1 Å². The van der Waals surface area contributed by atoms with E-state index in [1.54, 1.807) is 12.1 Å². The summed E-state index contributed by atoms with van der Waals surface area (Å²) >= 11 is 0. The van der Waals surface area contributed by atoms with Crippen LogP contribution in [0.4, 0.5) is 11.4 Å². The summed E-state index contributed by atoms with van der Waals surface area (Å²) in [6.07, 6.45) is 1.31. The van der Waals surface area contributed by atoms with Gasteiger partial charge < -0.3 is 14.6 Å². The van der Waals surface area contributed by atoms with Crippen LogP contribution >= 0.6 is 0 Å². The number of fused-ring (bicyclic) bond motifs is 1. The van der Waals surface area contributed by atoms with E-state index in [4.69, 9.17) is 4.42 Å².